The number of aliphatic hydroxyl groups excluding tert-OH is 1. The molecule has 138 valence electrons. The average molecular weight is 338 g/mol. The molecule has 0 saturated heterocycles. The molecule has 2 aliphatic rings. The zero-order valence-corrected chi connectivity index (χ0v) is 15.8. The number of aliphatic carboxylic acids is 1. The van der Waals surface area contributed by atoms with Crippen molar-refractivity contribution in [3.05, 3.63) is 11.6 Å². The van der Waals surface area contributed by atoms with Crippen molar-refractivity contribution in [2.24, 2.45) is 22.7 Å². The van der Waals surface area contributed by atoms with E-state index in [0.29, 0.717) is 18.3 Å². The van der Waals surface area contributed by atoms with Crippen LogP contribution in [0.1, 0.15) is 73.1 Å². The first kappa shape index (κ1) is 19.5. The van der Waals surface area contributed by atoms with Crippen LogP contribution in [0.15, 0.2) is 11.6 Å². The van der Waals surface area contributed by atoms with Crippen molar-refractivity contribution in [3.63, 3.8) is 0 Å². The Morgan fingerprint density at radius 1 is 1.21 bits per heavy atom. The average Bonchev–Trinajstić information content (AvgIpc) is 2.47. The van der Waals surface area contributed by atoms with Crippen molar-refractivity contribution in [2.75, 3.05) is 0 Å². The molecule has 0 radical (unpaired) electrons. The fourth-order valence-corrected chi connectivity index (χ4v) is 5.50. The fraction of sp³-hybridized carbons (Fsp3) is 0.850. The van der Waals surface area contributed by atoms with Crippen LogP contribution in [0.2, 0.25) is 0 Å². The van der Waals surface area contributed by atoms with Crippen molar-refractivity contribution in [3.8, 4) is 0 Å². The van der Waals surface area contributed by atoms with Gasteiger partial charge < -0.3 is 15.3 Å². The molecule has 2 rings (SSSR count). The van der Waals surface area contributed by atoms with E-state index in [9.17, 15) is 15.0 Å². The summed E-state index contributed by atoms with van der Waals surface area (Å²) in [5.41, 5.74) is -0.421. The largest absolute Gasteiger partial charge is 0.478 e. The molecule has 0 amide bonds. The van der Waals surface area contributed by atoms with Crippen LogP contribution in [-0.2, 0) is 4.79 Å². The number of carboxylic acid groups (broad SMARTS) is 1. The monoisotopic (exact) mass is 338 g/mol. The quantitative estimate of drug-likeness (QED) is 0.682. The molecule has 2 aliphatic carbocycles. The van der Waals surface area contributed by atoms with E-state index in [1.165, 1.54) is 6.08 Å². The normalized spacial score (nSPS) is 46.5. The summed E-state index contributed by atoms with van der Waals surface area (Å²) in [5, 5.41) is 30.4. The van der Waals surface area contributed by atoms with Crippen LogP contribution in [0.5, 0.6) is 0 Å². The smallest absolute Gasteiger partial charge is 0.328 e. The molecule has 0 aromatic carbocycles. The van der Waals surface area contributed by atoms with Crippen LogP contribution >= 0.6 is 0 Å². The molecule has 0 aromatic rings. The van der Waals surface area contributed by atoms with E-state index >= 15 is 0 Å². The zero-order chi connectivity index (χ0) is 18.3. The van der Waals surface area contributed by atoms with Crippen LogP contribution in [0, 0.1) is 22.7 Å². The van der Waals surface area contributed by atoms with Gasteiger partial charge >= 0.3 is 5.97 Å². The lowest BCUT2D eigenvalue weighted by molar-refractivity contribution is -0.235. The molecular formula is C20H34O4. The lowest BCUT2D eigenvalue weighted by atomic mass is 9.43. The van der Waals surface area contributed by atoms with Gasteiger partial charge in [0.05, 0.1) is 11.7 Å². The van der Waals surface area contributed by atoms with Crippen molar-refractivity contribution >= 4 is 5.97 Å². The van der Waals surface area contributed by atoms with Gasteiger partial charge in [-0.2, -0.15) is 0 Å². The maximum atomic E-state index is 11.1. The molecular weight excluding hydrogens is 304 g/mol. The number of fused-ring (bicyclic) bond motifs is 1. The minimum absolute atomic E-state index is 0.0464. The summed E-state index contributed by atoms with van der Waals surface area (Å²) in [5.74, 6) is -0.0214. The maximum absolute atomic E-state index is 11.1. The summed E-state index contributed by atoms with van der Waals surface area (Å²) in [6.07, 6.45) is 5.87. The number of carboxylic acids is 1. The van der Waals surface area contributed by atoms with E-state index in [1.54, 1.807) is 6.92 Å². The number of hydrogen-bond acceptors (Lipinski definition) is 3. The summed E-state index contributed by atoms with van der Waals surface area (Å²) in [7, 11) is 0. The predicted molar refractivity (Wildman–Crippen MR) is 94.6 cm³/mol. The van der Waals surface area contributed by atoms with Crippen LogP contribution < -0.4 is 0 Å². The van der Waals surface area contributed by atoms with E-state index in [-0.39, 0.29) is 10.8 Å². The Labute approximate surface area is 146 Å². The van der Waals surface area contributed by atoms with Crippen LogP contribution in [0.25, 0.3) is 0 Å². The molecule has 4 heteroatoms. The number of carbonyl (C=O) groups is 1. The van der Waals surface area contributed by atoms with Gasteiger partial charge in [-0.05, 0) is 69.6 Å². The third-order valence-corrected chi connectivity index (χ3v) is 7.75. The van der Waals surface area contributed by atoms with Gasteiger partial charge in [0.1, 0.15) is 0 Å². The van der Waals surface area contributed by atoms with Crippen LogP contribution in [0.4, 0.5) is 0 Å². The highest BCUT2D eigenvalue weighted by Crippen LogP contribution is 2.64. The Balaban J connectivity index is 2.29. The molecule has 0 aliphatic heterocycles. The maximum Gasteiger partial charge on any atom is 0.328 e. The molecule has 0 unspecified atom stereocenters. The fourth-order valence-electron chi connectivity index (χ4n) is 5.50. The molecule has 0 heterocycles. The topological polar surface area (TPSA) is 77.8 Å². The first-order chi connectivity index (χ1) is 10.9. The van der Waals surface area contributed by atoms with Gasteiger partial charge in [0, 0.05) is 11.5 Å². The van der Waals surface area contributed by atoms with Crippen molar-refractivity contribution in [1.29, 1.82) is 0 Å². The molecule has 0 aromatic heterocycles. The minimum Gasteiger partial charge on any atom is -0.478 e. The van der Waals surface area contributed by atoms with E-state index in [4.69, 9.17) is 5.11 Å². The highest BCUT2D eigenvalue weighted by atomic mass is 16.4. The Bertz CT molecular complexity index is 524. The first-order valence-electron chi connectivity index (χ1n) is 9.25. The van der Waals surface area contributed by atoms with E-state index in [0.717, 1.165) is 37.7 Å². The number of aliphatic hydroxyl groups is 2. The van der Waals surface area contributed by atoms with Gasteiger partial charge in [-0.15, -0.1) is 0 Å². The highest BCUT2D eigenvalue weighted by Gasteiger charge is 2.62. The first-order valence-corrected chi connectivity index (χ1v) is 9.25. The molecule has 0 bridgehead atoms. The van der Waals surface area contributed by atoms with Crippen molar-refractivity contribution in [1.82, 2.24) is 0 Å². The number of hydrogen-bond donors (Lipinski definition) is 3. The second kappa shape index (κ2) is 6.45. The predicted octanol–water partition coefficient (Wildman–Crippen LogP) is 3.76. The second-order valence-corrected chi connectivity index (χ2v) is 8.99. The van der Waals surface area contributed by atoms with Crippen molar-refractivity contribution in [2.45, 2.75) is 84.8 Å². The van der Waals surface area contributed by atoms with Crippen molar-refractivity contribution < 1.29 is 20.1 Å². The molecule has 24 heavy (non-hydrogen) atoms. The highest BCUT2D eigenvalue weighted by molar-refractivity contribution is 5.80. The summed E-state index contributed by atoms with van der Waals surface area (Å²) >= 11 is 0. The summed E-state index contributed by atoms with van der Waals surface area (Å²) < 4.78 is 0. The van der Waals surface area contributed by atoms with E-state index < -0.39 is 17.7 Å². The molecule has 3 N–H and O–H groups in total. The third kappa shape index (κ3) is 3.03. The van der Waals surface area contributed by atoms with Gasteiger partial charge in [0.15, 0.2) is 0 Å². The summed E-state index contributed by atoms with van der Waals surface area (Å²) in [4.78, 5) is 10.9. The van der Waals surface area contributed by atoms with E-state index in [1.807, 2.05) is 6.92 Å². The molecule has 2 fully saturated rings. The lowest BCUT2D eigenvalue weighted by Crippen LogP contribution is -2.65. The molecule has 2 saturated carbocycles. The molecule has 0 spiro atoms. The third-order valence-electron chi connectivity index (χ3n) is 7.75. The van der Waals surface area contributed by atoms with Gasteiger partial charge in [-0.1, -0.05) is 26.3 Å². The lowest BCUT2D eigenvalue weighted by Gasteiger charge is -2.64. The standard InChI is InChI=1S/C20H34O4/c1-13(12-17(22)23)8-10-18(3)14(2)9-11-19(4)15(18)6-7-16(21)20(19,5)24/h12,14-16,21,24H,6-11H2,1-5H3,(H,22,23)/b13-12+/t14-,15-,16-,18+,19-,20+/m0/s1. The Morgan fingerprint density at radius 3 is 2.42 bits per heavy atom. The molecule has 6 atom stereocenters. The Kier molecular flexibility index (Phi) is 5.23. The SMILES string of the molecule is C/C(=C\C(=O)O)CC[C@]1(C)[C@@H](C)CC[C@@]2(C)[C@H]1CC[C@H](O)[C@@]2(C)O. The summed E-state index contributed by atoms with van der Waals surface area (Å²) in [6.45, 7) is 10.4. The number of allylic oxidation sites excluding steroid dienone is 1. The molecule has 4 nitrogen and oxygen atoms in total. The Hall–Kier alpha value is -0.870. The van der Waals surface area contributed by atoms with Gasteiger partial charge in [0.25, 0.3) is 0 Å². The Morgan fingerprint density at radius 2 is 1.83 bits per heavy atom. The summed E-state index contributed by atoms with van der Waals surface area (Å²) in [6, 6.07) is 0. The van der Waals surface area contributed by atoms with Gasteiger partial charge in [0.2, 0.25) is 0 Å². The van der Waals surface area contributed by atoms with Gasteiger partial charge in [-0.25, -0.2) is 4.79 Å². The van der Waals surface area contributed by atoms with E-state index in [2.05, 4.69) is 20.8 Å². The number of rotatable bonds is 4. The zero-order valence-electron chi connectivity index (χ0n) is 15.8. The van der Waals surface area contributed by atoms with Gasteiger partial charge in [-0.3, -0.25) is 0 Å². The van der Waals surface area contributed by atoms with Crippen LogP contribution in [-0.4, -0.2) is 33.0 Å². The van der Waals surface area contributed by atoms with Crippen LogP contribution in [0.3, 0.4) is 0 Å². The minimum atomic E-state index is -1.07. The second-order valence-electron chi connectivity index (χ2n) is 8.99.